The number of amides is 1. The number of nitrogens with zero attached hydrogens (tertiary/aromatic N) is 1. The van der Waals surface area contributed by atoms with Gasteiger partial charge in [-0.05, 0) is 49.6 Å². The van der Waals surface area contributed by atoms with E-state index in [4.69, 9.17) is 0 Å². The lowest BCUT2D eigenvalue weighted by atomic mass is 9.78. The first kappa shape index (κ1) is 16.6. The summed E-state index contributed by atoms with van der Waals surface area (Å²) < 4.78 is 0. The summed E-state index contributed by atoms with van der Waals surface area (Å²) >= 11 is 1.50. The zero-order chi connectivity index (χ0) is 17.3. The summed E-state index contributed by atoms with van der Waals surface area (Å²) in [4.78, 5) is 17.4. The molecule has 2 aliphatic rings. The van der Waals surface area contributed by atoms with Gasteiger partial charge in [-0.3, -0.25) is 4.79 Å². The Labute approximate surface area is 152 Å². The molecule has 0 saturated carbocycles. The molecule has 0 radical (unpaired) electrons. The molecule has 2 aromatic rings. The quantitative estimate of drug-likeness (QED) is 0.807. The Hall–Kier alpha value is -1.85. The van der Waals surface area contributed by atoms with Crippen molar-refractivity contribution in [2.45, 2.75) is 48.3 Å². The molecule has 1 aromatic carbocycles. The monoisotopic (exact) mass is 353 g/mol. The number of thioether (sulfide) groups is 1. The van der Waals surface area contributed by atoms with Gasteiger partial charge < -0.3 is 10.6 Å². The van der Waals surface area contributed by atoms with Crippen LogP contribution in [0.4, 0.5) is 0 Å². The Morgan fingerprint density at radius 3 is 2.64 bits per heavy atom. The lowest BCUT2D eigenvalue weighted by molar-refractivity contribution is 0.0903. The first-order valence-corrected chi connectivity index (χ1v) is 10.1. The van der Waals surface area contributed by atoms with E-state index < -0.39 is 0 Å². The van der Waals surface area contributed by atoms with Gasteiger partial charge in [0.2, 0.25) is 0 Å². The van der Waals surface area contributed by atoms with Crippen LogP contribution in [0.1, 0.15) is 47.6 Å². The van der Waals surface area contributed by atoms with Crippen LogP contribution in [0.5, 0.6) is 0 Å². The minimum atomic E-state index is -0.0437. The summed E-state index contributed by atoms with van der Waals surface area (Å²) in [6.45, 7) is 0. The Balaban J connectivity index is 1.66. The van der Waals surface area contributed by atoms with E-state index in [9.17, 15) is 4.79 Å². The second-order valence-electron chi connectivity index (χ2n) is 6.95. The molecular weight excluding hydrogens is 330 g/mol. The highest BCUT2D eigenvalue weighted by molar-refractivity contribution is 7.98. The van der Waals surface area contributed by atoms with Gasteiger partial charge in [0.15, 0.2) is 0 Å². The van der Waals surface area contributed by atoms with Crippen LogP contribution in [0.2, 0.25) is 0 Å². The third kappa shape index (κ3) is 3.07. The summed E-state index contributed by atoms with van der Waals surface area (Å²) in [5.41, 5.74) is 1.80. The summed E-state index contributed by atoms with van der Waals surface area (Å²) in [6, 6.07) is 14.6. The molecule has 2 bridgehead atoms. The molecule has 0 aliphatic carbocycles. The normalized spacial score (nSPS) is 25.7. The minimum Gasteiger partial charge on any atom is -0.343 e. The molecule has 4 rings (SSSR count). The highest BCUT2D eigenvalue weighted by Crippen LogP contribution is 2.45. The number of carbonyl (C=O) groups excluding carboxylic acids is 1. The molecule has 1 atom stereocenters. The van der Waals surface area contributed by atoms with E-state index in [1.54, 1.807) is 6.20 Å². The summed E-state index contributed by atoms with van der Waals surface area (Å²) in [7, 11) is 0. The van der Waals surface area contributed by atoms with Crippen molar-refractivity contribution in [1.82, 2.24) is 15.6 Å². The molecule has 1 amide bonds. The summed E-state index contributed by atoms with van der Waals surface area (Å²) in [5.74, 6) is -0.0437. The highest BCUT2D eigenvalue weighted by Gasteiger charge is 2.50. The van der Waals surface area contributed by atoms with E-state index in [2.05, 4.69) is 27.8 Å². The van der Waals surface area contributed by atoms with Crippen LogP contribution in [0.15, 0.2) is 53.7 Å². The van der Waals surface area contributed by atoms with E-state index >= 15 is 0 Å². The fourth-order valence-corrected chi connectivity index (χ4v) is 4.87. The zero-order valence-electron chi connectivity index (χ0n) is 14.4. The average molecular weight is 353 g/mol. The number of carbonyl (C=O) groups is 1. The van der Waals surface area contributed by atoms with Gasteiger partial charge in [-0.15, -0.1) is 11.8 Å². The van der Waals surface area contributed by atoms with E-state index in [0.717, 1.165) is 17.9 Å². The fourth-order valence-electron chi connectivity index (χ4n) is 4.32. The van der Waals surface area contributed by atoms with Gasteiger partial charge >= 0.3 is 0 Å². The van der Waals surface area contributed by atoms with Crippen LogP contribution < -0.4 is 10.6 Å². The van der Waals surface area contributed by atoms with Crippen molar-refractivity contribution in [3.63, 3.8) is 0 Å². The maximum Gasteiger partial charge on any atom is 0.254 e. The SMILES string of the molecule is CSc1ncccc1C(=O)NC(c1ccccc1)C12CCC(CC1)N2. The zero-order valence-corrected chi connectivity index (χ0v) is 15.2. The van der Waals surface area contributed by atoms with Crippen LogP contribution in [0.3, 0.4) is 0 Å². The molecule has 2 saturated heterocycles. The highest BCUT2D eigenvalue weighted by atomic mass is 32.2. The summed E-state index contributed by atoms with van der Waals surface area (Å²) in [6.07, 6.45) is 8.30. The molecule has 3 heterocycles. The topological polar surface area (TPSA) is 54.0 Å². The van der Waals surface area contributed by atoms with Crippen LogP contribution in [0.25, 0.3) is 0 Å². The molecule has 2 aliphatic heterocycles. The van der Waals surface area contributed by atoms with E-state index in [1.165, 1.54) is 30.2 Å². The van der Waals surface area contributed by atoms with Crippen molar-refractivity contribution >= 4 is 17.7 Å². The van der Waals surface area contributed by atoms with Crippen molar-refractivity contribution in [1.29, 1.82) is 0 Å². The first-order valence-electron chi connectivity index (χ1n) is 8.84. The average Bonchev–Trinajstić information content (AvgIpc) is 3.28. The maximum absolute atomic E-state index is 13.0. The Morgan fingerprint density at radius 1 is 1.24 bits per heavy atom. The van der Waals surface area contributed by atoms with Crippen LogP contribution >= 0.6 is 11.8 Å². The molecule has 130 valence electrons. The molecule has 5 heteroatoms. The lowest BCUT2D eigenvalue weighted by Crippen LogP contribution is -2.50. The minimum absolute atomic E-state index is 0.0244. The van der Waals surface area contributed by atoms with E-state index in [0.29, 0.717) is 11.6 Å². The number of pyridine rings is 1. The smallest absolute Gasteiger partial charge is 0.254 e. The molecule has 2 fully saturated rings. The second-order valence-corrected chi connectivity index (χ2v) is 7.75. The Bertz CT molecular complexity index is 757. The Kier molecular flexibility index (Phi) is 4.52. The number of hydrogen-bond donors (Lipinski definition) is 2. The van der Waals surface area contributed by atoms with Gasteiger partial charge in [-0.25, -0.2) is 4.98 Å². The molecule has 25 heavy (non-hydrogen) atoms. The summed E-state index contributed by atoms with van der Waals surface area (Å²) in [5, 5.41) is 7.89. The second kappa shape index (κ2) is 6.81. The number of aromatic nitrogens is 1. The third-order valence-electron chi connectivity index (χ3n) is 5.54. The largest absolute Gasteiger partial charge is 0.343 e. The van der Waals surface area contributed by atoms with Crippen LogP contribution in [0, 0.1) is 0 Å². The van der Waals surface area contributed by atoms with Crippen molar-refractivity contribution in [2.75, 3.05) is 6.26 Å². The number of hydrogen-bond acceptors (Lipinski definition) is 4. The van der Waals surface area contributed by atoms with Crippen LogP contribution in [-0.2, 0) is 0 Å². The van der Waals surface area contributed by atoms with Gasteiger partial charge in [0.05, 0.1) is 11.6 Å². The number of benzene rings is 1. The molecule has 1 aromatic heterocycles. The van der Waals surface area contributed by atoms with E-state index in [1.807, 2.05) is 36.6 Å². The van der Waals surface area contributed by atoms with Gasteiger partial charge in [-0.1, -0.05) is 30.3 Å². The van der Waals surface area contributed by atoms with Gasteiger partial charge in [-0.2, -0.15) is 0 Å². The predicted molar refractivity (Wildman–Crippen MR) is 101 cm³/mol. The molecule has 0 spiro atoms. The van der Waals surface area contributed by atoms with Gasteiger partial charge in [0.1, 0.15) is 5.03 Å². The van der Waals surface area contributed by atoms with Gasteiger partial charge in [0, 0.05) is 17.8 Å². The number of fused-ring (bicyclic) bond motifs is 2. The van der Waals surface area contributed by atoms with Gasteiger partial charge in [0.25, 0.3) is 5.91 Å². The van der Waals surface area contributed by atoms with Crippen molar-refractivity contribution in [3.05, 3.63) is 59.8 Å². The first-order chi connectivity index (χ1) is 12.2. The van der Waals surface area contributed by atoms with Crippen molar-refractivity contribution in [3.8, 4) is 0 Å². The standard InChI is InChI=1S/C20H23N3OS/c1-25-19-16(8-5-13-21-19)18(24)22-17(14-6-3-2-4-7-14)20-11-9-15(23-20)10-12-20/h2-8,13,15,17,23H,9-12H2,1H3,(H,22,24). The van der Waals surface area contributed by atoms with Crippen molar-refractivity contribution in [2.24, 2.45) is 0 Å². The third-order valence-corrected chi connectivity index (χ3v) is 6.25. The molecule has 2 N–H and O–H groups in total. The van der Waals surface area contributed by atoms with E-state index in [-0.39, 0.29) is 17.5 Å². The number of nitrogens with one attached hydrogen (secondary N) is 2. The lowest BCUT2D eigenvalue weighted by Gasteiger charge is -2.36. The molecule has 1 unspecified atom stereocenters. The van der Waals surface area contributed by atoms with Crippen LogP contribution in [-0.4, -0.2) is 28.7 Å². The van der Waals surface area contributed by atoms with Crippen molar-refractivity contribution < 1.29 is 4.79 Å². The molecule has 4 nitrogen and oxygen atoms in total. The number of rotatable bonds is 5. The fraction of sp³-hybridized carbons (Fsp3) is 0.400. The predicted octanol–water partition coefficient (Wildman–Crippen LogP) is 3.56. The molecular formula is C20H23N3OS. The Morgan fingerprint density at radius 2 is 2.00 bits per heavy atom. The maximum atomic E-state index is 13.0.